The Morgan fingerprint density at radius 1 is 1.36 bits per heavy atom. The van der Waals surface area contributed by atoms with Gasteiger partial charge in [0.1, 0.15) is 6.04 Å². The average molecular weight is 367 g/mol. The number of benzene rings is 1. The maximum Gasteiger partial charge on any atom is 0.245 e. The molecule has 1 aliphatic carbocycles. The first-order chi connectivity index (χ1) is 10.4. The van der Waals surface area contributed by atoms with E-state index < -0.39 is 6.04 Å². The summed E-state index contributed by atoms with van der Waals surface area (Å²) in [7, 11) is 0. The van der Waals surface area contributed by atoms with Crippen molar-refractivity contribution in [2.24, 2.45) is 5.92 Å². The van der Waals surface area contributed by atoms with Crippen LogP contribution < -0.4 is 5.32 Å². The van der Waals surface area contributed by atoms with Crippen LogP contribution in [0.5, 0.6) is 0 Å². The van der Waals surface area contributed by atoms with Crippen LogP contribution in [-0.4, -0.2) is 28.8 Å². The van der Waals surface area contributed by atoms with E-state index in [4.69, 9.17) is 0 Å². The third-order valence-corrected chi connectivity index (χ3v) is 4.30. The van der Waals surface area contributed by atoms with Gasteiger partial charge in [0.15, 0.2) is 0 Å². The number of nitrogens with zero attached hydrogens (tertiary/aromatic N) is 1. The van der Waals surface area contributed by atoms with E-state index in [1.54, 1.807) is 0 Å². The number of amides is 2. The molecule has 1 aliphatic rings. The van der Waals surface area contributed by atoms with E-state index in [0.29, 0.717) is 12.6 Å². The van der Waals surface area contributed by atoms with E-state index in [1.165, 1.54) is 6.92 Å². The van der Waals surface area contributed by atoms with E-state index in [-0.39, 0.29) is 17.7 Å². The highest BCUT2D eigenvalue weighted by Gasteiger charge is 2.37. The molecular weight excluding hydrogens is 344 g/mol. The zero-order valence-corrected chi connectivity index (χ0v) is 14.9. The van der Waals surface area contributed by atoms with Gasteiger partial charge < -0.3 is 10.2 Å². The first-order valence-corrected chi connectivity index (χ1v) is 8.50. The van der Waals surface area contributed by atoms with Crippen molar-refractivity contribution in [1.29, 1.82) is 0 Å². The van der Waals surface area contributed by atoms with Crippen LogP contribution in [0.1, 0.15) is 39.2 Å². The lowest BCUT2D eigenvalue weighted by Crippen LogP contribution is -2.51. The molecule has 0 saturated heterocycles. The summed E-state index contributed by atoms with van der Waals surface area (Å²) >= 11 is 3.47. The highest BCUT2D eigenvalue weighted by atomic mass is 79.9. The lowest BCUT2D eigenvalue weighted by molar-refractivity contribution is -0.138. The summed E-state index contributed by atoms with van der Waals surface area (Å²) in [6.07, 6.45) is 2.09. The molecule has 2 amide bonds. The zero-order valence-electron chi connectivity index (χ0n) is 13.3. The first kappa shape index (κ1) is 17.0. The molecule has 1 fully saturated rings. The van der Waals surface area contributed by atoms with Gasteiger partial charge in [0, 0.05) is 24.0 Å². The molecule has 0 aliphatic heterocycles. The Labute approximate surface area is 140 Å². The Bertz CT molecular complexity index is 555. The standard InChI is InChI=1S/C17H23BrN2O2/c1-11(2)16(19-12(3)21)17(22)20(15-7-8-15)10-13-5-4-6-14(18)9-13/h4-6,9,11,15-16H,7-8,10H2,1-3H3,(H,19,21). The lowest BCUT2D eigenvalue weighted by Gasteiger charge is -2.30. The highest BCUT2D eigenvalue weighted by molar-refractivity contribution is 9.10. The molecule has 2 rings (SSSR count). The fraction of sp³-hybridized carbons (Fsp3) is 0.529. The van der Waals surface area contributed by atoms with E-state index in [9.17, 15) is 9.59 Å². The van der Waals surface area contributed by atoms with Crippen LogP contribution in [0.15, 0.2) is 28.7 Å². The fourth-order valence-electron chi connectivity index (χ4n) is 2.52. The molecule has 1 atom stereocenters. The highest BCUT2D eigenvalue weighted by Crippen LogP contribution is 2.30. The van der Waals surface area contributed by atoms with Gasteiger partial charge in [-0.2, -0.15) is 0 Å². The summed E-state index contributed by atoms with van der Waals surface area (Å²) in [6.45, 7) is 5.97. The Kier molecular flexibility index (Phi) is 5.62. The minimum absolute atomic E-state index is 0.0210. The second-order valence-electron chi connectivity index (χ2n) is 6.25. The van der Waals surface area contributed by atoms with Crippen LogP contribution in [0.3, 0.4) is 0 Å². The summed E-state index contributed by atoms with van der Waals surface area (Å²) in [4.78, 5) is 26.2. The number of halogens is 1. The van der Waals surface area contributed by atoms with Crippen molar-refractivity contribution < 1.29 is 9.59 Å². The molecule has 0 heterocycles. The summed E-state index contributed by atoms with van der Waals surface area (Å²) < 4.78 is 1.01. The van der Waals surface area contributed by atoms with Crippen molar-refractivity contribution in [3.63, 3.8) is 0 Å². The number of carbonyl (C=O) groups is 2. The van der Waals surface area contributed by atoms with Crippen molar-refractivity contribution >= 4 is 27.7 Å². The van der Waals surface area contributed by atoms with Gasteiger partial charge in [-0.3, -0.25) is 9.59 Å². The molecule has 120 valence electrons. The molecule has 0 aromatic heterocycles. The lowest BCUT2D eigenvalue weighted by atomic mass is 10.0. The van der Waals surface area contributed by atoms with E-state index in [1.807, 2.05) is 43.0 Å². The van der Waals surface area contributed by atoms with Gasteiger partial charge in [-0.1, -0.05) is 41.9 Å². The molecule has 1 aromatic rings. The van der Waals surface area contributed by atoms with Crippen LogP contribution >= 0.6 is 15.9 Å². The van der Waals surface area contributed by atoms with Crippen LogP contribution in [0.25, 0.3) is 0 Å². The van der Waals surface area contributed by atoms with Crippen LogP contribution in [0, 0.1) is 5.92 Å². The number of rotatable bonds is 6. The van der Waals surface area contributed by atoms with E-state index >= 15 is 0 Å². The Morgan fingerprint density at radius 3 is 2.55 bits per heavy atom. The summed E-state index contributed by atoms with van der Waals surface area (Å²) in [6, 6.07) is 7.86. The number of hydrogen-bond donors (Lipinski definition) is 1. The van der Waals surface area contributed by atoms with Gasteiger partial charge in [-0.25, -0.2) is 0 Å². The fourth-order valence-corrected chi connectivity index (χ4v) is 2.96. The molecule has 1 N–H and O–H groups in total. The van der Waals surface area contributed by atoms with Crippen LogP contribution in [0.2, 0.25) is 0 Å². The summed E-state index contributed by atoms with van der Waals surface area (Å²) in [5.74, 6) is -0.0712. The topological polar surface area (TPSA) is 49.4 Å². The Morgan fingerprint density at radius 2 is 2.05 bits per heavy atom. The summed E-state index contributed by atoms with van der Waals surface area (Å²) in [5.41, 5.74) is 1.10. The third-order valence-electron chi connectivity index (χ3n) is 3.80. The number of hydrogen-bond acceptors (Lipinski definition) is 2. The van der Waals surface area contributed by atoms with Crippen molar-refractivity contribution in [2.45, 2.75) is 52.2 Å². The maximum absolute atomic E-state index is 12.9. The molecular formula is C17H23BrN2O2. The second-order valence-corrected chi connectivity index (χ2v) is 7.17. The van der Waals surface area contributed by atoms with Crippen molar-refractivity contribution in [2.75, 3.05) is 0 Å². The predicted octanol–water partition coefficient (Wildman–Crippen LogP) is 3.10. The smallest absolute Gasteiger partial charge is 0.245 e. The van der Waals surface area contributed by atoms with E-state index in [2.05, 4.69) is 21.2 Å². The zero-order chi connectivity index (χ0) is 16.3. The molecule has 1 unspecified atom stereocenters. The molecule has 1 saturated carbocycles. The van der Waals surface area contributed by atoms with Crippen LogP contribution in [-0.2, 0) is 16.1 Å². The maximum atomic E-state index is 12.9. The number of nitrogens with one attached hydrogen (secondary N) is 1. The van der Waals surface area contributed by atoms with Gasteiger partial charge in [0.2, 0.25) is 11.8 Å². The number of carbonyl (C=O) groups excluding carboxylic acids is 2. The largest absolute Gasteiger partial charge is 0.344 e. The second kappa shape index (κ2) is 7.27. The quantitative estimate of drug-likeness (QED) is 0.840. The predicted molar refractivity (Wildman–Crippen MR) is 90.2 cm³/mol. The molecule has 0 radical (unpaired) electrons. The van der Waals surface area contributed by atoms with Gasteiger partial charge in [-0.05, 0) is 36.5 Å². The van der Waals surface area contributed by atoms with Gasteiger partial charge >= 0.3 is 0 Å². The Hall–Kier alpha value is -1.36. The minimum Gasteiger partial charge on any atom is -0.344 e. The average Bonchev–Trinajstić information content (AvgIpc) is 3.25. The first-order valence-electron chi connectivity index (χ1n) is 7.70. The van der Waals surface area contributed by atoms with Gasteiger partial charge in [0.25, 0.3) is 0 Å². The monoisotopic (exact) mass is 366 g/mol. The van der Waals surface area contributed by atoms with Gasteiger partial charge in [-0.15, -0.1) is 0 Å². The Balaban J connectivity index is 2.15. The molecule has 5 heteroatoms. The third kappa shape index (κ3) is 4.57. The summed E-state index contributed by atoms with van der Waals surface area (Å²) in [5, 5.41) is 2.80. The molecule has 0 spiro atoms. The van der Waals surface area contributed by atoms with Crippen molar-refractivity contribution in [3.8, 4) is 0 Å². The normalized spacial score (nSPS) is 15.5. The van der Waals surface area contributed by atoms with Gasteiger partial charge in [0.05, 0.1) is 0 Å². The van der Waals surface area contributed by atoms with Crippen molar-refractivity contribution in [1.82, 2.24) is 10.2 Å². The molecule has 1 aromatic carbocycles. The van der Waals surface area contributed by atoms with E-state index in [0.717, 1.165) is 22.9 Å². The molecule has 4 nitrogen and oxygen atoms in total. The van der Waals surface area contributed by atoms with Crippen LogP contribution in [0.4, 0.5) is 0 Å². The SMILES string of the molecule is CC(=O)NC(C(=O)N(Cc1cccc(Br)c1)C1CC1)C(C)C. The minimum atomic E-state index is -0.453. The molecule has 0 bridgehead atoms. The molecule has 22 heavy (non-hydrogen) atoms. The van der Waals surface area contributed by atoms with Crippen molar-refractivity contribution in [3.05, 3.63) is 34.3 Å².